The SMILES string of the molecule is CCOOC(=O)CCc1ccc(OCc2nc(-c3ccc(Br)s3)oc2C)cc1. The summed E-state index contributed by atoms with van der Waals surface area (Å²) < 4.78 is 12.6. The summed E-state index contributed by atoms with van der Waals surface area (Å²) in [5.41, 5.74) is 1.78. The first-order valence-corrected chi connectivity index (χ1v) is 10.4. The molecule has 2 heterocycles. The Labute approximate surface area is 175 Å². The molecule has 28 heavy (non-hydrogen) atoms. The summed E-state index contributed by atoms with van der Waals surface area (Å²) in [6.07, 6.45) is 0.842. The van der Waals surface area contributed by atoms with Gasteiger partial charge in [-0.1, -0.05) is 12.1 Å². The Morgan fingerprint density at radius 1 is 1.21 bits per heavy atom. The molecule has 0 bridgehead atoms. The molecule has 0 saturated carbocycles. The molecule has 3 rings (SSSR count). The van der Waals surface area contributed by atoms with E-state index in [0.29, 0.717) is 25.5 Å². The van der Waals surface area contributed by atoms with Crippen molar-refractivity contribution in [3.05, 3.63) is 57.2 Å². The summed E-state index contributed by atoms with van der Waals surface area (Å²) in [5.74, 6) is 1.69. The van der Waals surface area contributed by atoms with Gasteiger partial charge >= 0.3 is 5.97 Å². The van der Waals surface area contributed by atoms with E-state index in [4.69, 9.17) is 9.15 Å². The van der Waals surface area contributed by atoms with Gasteiger partial charge in [0, 0.05) is 0 Å². The molecule has 6 nitrogen and oxygen atoms in total. The van der Waals surface area contributed by atoms with E-state index in [9.17, 15) is 4.79 Å². The molecule has 148 valence electrons. The highest BCUT2D eigenvalue weighted by Gasteiger charge is 2.14. The number of nitrogens with zero attached hydrogens (tertiary/aromatic N) is 1. The predicted molar refractivity (Wildman–Crippen MR) is 109 cm³/mol. The van der Waals surface area contributed by atoms with Crippen LogP contribution in [0.1, 0.15) is 30.4 Å². The normalized spacial score (nSPS) is 10.8. The average Bonchev–Trinajstić information content (AvgIpc) is 3.29. The molecule has 0 aliphatic heterocycles. The number of halogens is 1. The van der Waals surface area contributed by atoms with Gasteiger partial charge in [-0.3, -0.25) is 4.89 Å². The molecule has 8 heteroatoms. The van der Waals surface area contributed by atoms with E-state index in [1.807, 2.05) is 43.3 Å². The van der Waals surface area contributed by atoms with Crippen molar-refractivity contribution in [3.63, 3.8) is 0 Å². The van der Waals surface area contributed by atoms with Crippen molar-refractivity contribution in [2.45, 2.75) is 33.3 Å². The minimum atomic E-state index is -0.378. The largest absolute Gasteiger partial charge is 0.487 e. The maximum atomic E-state index is 11.4. The molecule has 3 aromatic rings. The third-order valence-electron chi connectivity index (χ3n) is 3.86. The van der Waals surface area contributed by atoms with Crippen LogP contribution in [0.4, 0.5) is 0 Å². The van der Waals surface area contributed by atoms with Crippen molar-refractivity contribution in [1.82, 2.24) is 4.98 Å². The Morgan fingerprint density at radius 2 is 2.00 bits per heavy atom. The number of benzene rings is 1. The molecule has 0 fully saturated rings. The van der Waals surface area contributed by atoms with Gasteiger partial charge in [-0.25, -0.2) is 9.78 Å². The van der Waals surface area contributed by atoms with Gasteiger partial charge < -0.3 is 9.15 Å². The molecule has 0 unspecified atom stereocenters. The molecule has 0 N–H and O–H groups in total. The summed E-state index contributed by atoms with van der Waals surface area (Å²) in [6.45, 7) is 4.30. The van der Waals surface area contributed by atoms with Gasteiger partial charge in [-0.2, -0.15) is 4.89 Å². The predicted octanol–water partition coefficient (Wildman–Crippen LogP) is 5.48. The number of aryl methyl sites for hydroxylation is 2. The van der Waals surface area contributed by atoms with E-state index in [0.717, 1.165) is 31.4 Å². The van der Waals surface area contributed by atoms with Crippen molar-refractivity contribution in [3.8, 4) is 16.5 Å². The Kier molecular flexibility index (Phi) is 7.24. The lowest BCUT2D eigenvalue weighted by Gasteiger charge is -2.06. The lowest BCUT2D eigenvalue weighted by atomic mass is 10.1. The standard InChI is InChI=1S/C20H20BrNO5S/c1-3-25-27-19(23)11-6-14-4-7-15(8-5-14)24-12-16-13(2)26-20(22-16)17-9-10-18(21)28-17/h4-5,7-10H,3,6,11-12H2,1-2H3. The van der Waals surface area contributed by atoms with Crippen LogP contribution in [0.15, 0.2) is 44.6 Å². The molecule has 0 atom stereocenters. The summed E-state index contributed by atoms with van der Waals surface area (Å²) in [4.78, 5) is 26.2. The molecule has 0 saturated heterocycles. The van der Waals surface area contributed by atoms with Gasteiger partial charge in [0.15, 0.2) is 0 Å². The van der Waals surface area contributed by atoms with Crippen LogP contribution in [0, 0.1) is 6.92 Å². The number of carbonyl (C=O) groups excluding carboxylic acids is 1. The van der Waals surface area contributed by atoms with Gasteiger partial charge in [0.1, 0.15) is 23.8 Å². The summed E-state index contributed by atoms with van der Waals surface area (Å²) in [5, 5.41) is 0. The first-order chi connectivity index (χ1) is 13.5. The number of hydrogen-bond acceptors (Lipinski definition) is 7. The Balaban J connectivity index is 1.52. The van der Waals surface area contributed by atoms with Crippen LogP contribution in [0.3, 0.4) is 0 Å². The maximum Gasteiger partial charge on any atom is 0.342 e. The van der Waals surface area contributed by atoms with Crippen LogP contribution in [-0.2, 0) is 27.6 Å². The van der Waals surface area contributed by atoms with E-state index in [1.165, 1.54) is 0 Å². The van der Waals surface area contributed by atoms with Crippen LogP contribution < -0.4 is 4.74 Å². The van der Waals surface area contributed by atoms with Crippen LogP contribution in [0.5, 0.6) is 5.75 Å². The second-order valence-corrected chi connectivity index (χ2v) is 8.38. The first-order valence-electron chi connectivity index (χ1n) is 8.81. The van der Waals surface area contributed by atoms with Crippen LogP contribution in [0.25, 0.3) is 10.8 Å². The number of aromatic nitrogens is 1. The van der Waals surface area contributed by atoms with Crippen molar-refractivity contribution < 1.29 is 23.7 Å². The Bertz CT molecular complexity index is 919. The highest BCUT2D eigenvalue weighted by atomic mass is 79.9. The van der Waals surface area contributed by atoms with Crippen molar-refractivity contribution in [2.24, 2.45) is 0 Å². The number of oxazole rings is 1. The summed E-state index contributed by atoms with van der Waals surface area (Å²) in [7, 11) is 0. The van der Waals surface area contributed by atoms with Gasteiger partial charge in [-0.05, 0) is 66.0 Å². The van der Waals surface area contributed by atoms with Crippen LogP contribution >= 0.6 is 27.3 Å². The molecular formula is C20H20BrNO5S. The highest BCUT2D eigenvalue weighted by Crippen LogP contribution is 2.32. The Morgan fingerprint density at radius 3 is 2.68 bits per heavy atom. The van der Waals surface area contributed by atoms with Gasteiger partial charge in [0.2, 0.25) is 5.89 Å². The van der Waals surface area contributed by atoms with Crippen molar-refractivity contribution in [2.75, 3.05) is 6.61 Å². The lowest BCUT2D eigenvalue weighted by Crippen LogP contribution is -2.06. The quantitative estimate of drug-likeness (QED) is 0.307. The van der Waals surface area contributed by atoms with Crippen molar-refractivity contribution >= 4 is 33.2 Å². The fourth-order valence-corrected chi connectivity index (χ4v) is 3.73. The second kappa shape index (κ2) is 9.86. The number of rotatable bonds is 9. The zero-order chi connectivity index (χ0) is 19.9. The van der Waals surface area contributed by atoms with Gasteiger partial charge in [0.25, 0.3) is 0 Å². The molecule has 2 aromatic heterocycles. The number of carbonyl (C=O) groups is 1. The average molecular weight is 466 g/mol. The smallest absolute Gasteiger partial charge is 0.342 e. The molecule has 0 radical (unpaired) electrons. The van der Waals surface area contributed by atoms with Crippen molar-refractivity contribution in [1.29, 1.82) is 0 Å². The third-order valence-corrected chi connectivity index (χ3v) is 5.47. The van der Waals surface area contributed by atoms with E-state index in [2.05, 4.69) is 30.7 Å². The highest BCUT2D eigenvalue weighted by molar-refractivity contribution is 9.11. The van der Waals surface area contributed by atoms with Gasteiger partial charge in [0.05, 0.1) is 21.7 Å². The van der Waals surface area contributed by atoms with E-state index < -0.39 is 0 Å². The van der Waals surface area contributed by atoms with Crippen LogP contribution in [-0.4, -0.2) is 17.6 Å². The minimum Gasteiger partial charge on any atom is -0.487 e. The fourth-order valence-electron chi connectivity index (χ4n) is 2.41. The zero-order valence-electron chi connectivity index (χ0n) is 15.6. The fraction of sp³-hybridized carbons (Fsp3) is 0.300. The number of hydrogen-bond donors (Lipinski definition) is 0. The molecule has 1 aromatic carbocycles. The van der Waals surface area contributed by atoms with E-state index >= 15 is 0 Å². The first kappa shape index (κ1) is 20.6. The van der Waals surface area contributed by atoms with E-state index in [-0.39, 0.29) is 12.4 Å². The topological polar surface area (TPSA) is 70.8 Å². The molecule has 0 spiro atoms. The summed E-state index contributed by atoms with van der Waals surface area (Å²) >= 11 is 5.01. The monoisotopic (exact) mass is 465 g/mol. The Hall–Kier alpha value is -2.16. The zero-order valence-corrected chi connectivity index (χ0v) is 18.0. The minimum absolute atomic E-state index is 0.264. The molecular weight excluding hydrogens is 446 g/mol. The molecule has 0 amide bonds. The summed E-state index contributed by atoms with van der Waals surface area (Å²) in [6, 6.07) is 11.5. The molecule has 0 aliphatic carbocycles. The molecule has 0 aliphatic rings. The number of thiophene rings is 1. The number of ether oxygens (including phenoxy) is 1. The van der Waals surface area contributed by atoms with E-state index in [1.54, 1.807) is 18.3 Å². The third kappa shape index (κ3) is 5.67. The van der Waals surface area contributed by atoms with Gasteiger partial charge in [-0.15, -0.1) is 11.3 Å². The maximum absolute atomic E-state index is 11.4. The lowest BCUT2D eigenvalue weighted by molar-refractivity contribution is -0.269. The second-order valence-electron chi connectivity index (χ2n) is 5.92. The van der Waals surface area contributed by atoms with Crippen LogP contribution in [0.2, 0.25) is 0 Å².